The van der Waals surface area contributed by atoms with Crippen LogP contribution < -0.4 is 15.4 Å². The zero-order valence-electron chi connectivity index (χ0n) is 20.7. The van der Waals surface area contributed by atoms with Crippen LogP contribution in [-0.4, -0.2) is 76.4 Å². The summed E-state index contributed by atoms with van der Waals surface area (Å²) in [7, 11) is 3.62. The highest BCUT2D eigenvalue weighted by Crippen LogP contribution is 2.20. The summed E-state index contributed by atoms with van der Waals surface area (Å²) in [6.45, 7) is 7.80. The fraction of sp³-hybridized carbons (Fsp3) is 0.458. The summed E-state index contributed by atoms with van der Waals surface area (Å²) in [5.41, 5.74) is 1.06. The van der Waals surface area contributed by atoms with Crippen molar-refractivity contribution in [1.82, 2.24) is 24.4 Å². The number of nitriles is 1. The molecule has 0 saturated carbocycles. The summed E-state index contributed by atoms with van der Waals surface area (Å²) in [5.74, 6) is 0.983. The first-order valence-electron chi connectivity index (χ1n) is 11.5. The van der Waals surface area contributed by atoms with Crippen LogP contribution in [0, 0.1) is 11.3 Å². The fourth-order valence-corrected chi connectivity index (χ4v) is 3.96. The van der Waals surface area contributed by atoms with Gasteiger partial charge in [-0.3, -0.25) is 9.36 Å². The number of nitrogens with one attached hydrogen (secondary N) is 1. The van der Waals surface area contributed by atoms with Gasteiger partial charge in [0.1, 0.15) is 5.60 Å². The number of ether oxygens (including phenoxy) is 1. The molecule has 1 amide bonds. The Hall–Kier alpha value is -4.07. The number of hydrogen-bond acceptors (Lipinski definition) is 8. The van der Waals surface area contributed by atoms with E-state index in [1.54, 1.807) is 26.5 Å². The highest BCUT2D eigenvalue weighted by atomic mass is 16.6. The molecule has 0 spiro atoms. The summed E-state index contributed by atoms with van der Waals surface area (Å²) in [6.07, 6.45) is -0.334. The molecule has 1 aromatic carbocycles. The SMILES string of the molecule is CN(C)c1nc2nc(N3CCN(C(=O)OC(C)(C)C)CC3)[nH]c2c(=O)n1Cc1ccccc1C#N. The van der Waals surface area contributed by atoms with Crippen molar-refractivity contribution in [1.29, 1.82) is 5.26 Å². The average molecular weight is 479 g/mol. The lowest BCUT2D eigenvalue weighted by Crippen LogP contribution is -2.50. The molecule has 11 nitrogen and oxygen atoms in total. The molecule has 4 rings (SSSR count). The first-order chi connectivity index (χ1) is 16.6. The van der Waals surface area contributed by atoms with Crippen LogP contribution in [0.4, 0.5) is 16.7 Å². The number of aromatic nitrogens is 4. The molecule has 0 bridgehead atoms. The lowest BCUT2D eigenvalue weighted by atomic mass is 10.1. The van der Waals surface area contributed by atoms with E-state index in [0.29, 0.717) is 54.8 Å². The maximum Gasteiger partial charge on any atom is 0.410 e. The van der Waals surface area contributed by atoms with Crippen molar-refractivity contribution in [3.8, 4) is 6.07 Å². The third-order valence-electron chi connectivity index (χ3n) is 5.68. The van der Waals surface area contributed by atoms with Gasteiger partial charge in [-0.05, 0) is 32.4 Å². The van der Waals surface area contributed by atoms with Gasteiger partial charge in [0.2, 0.25) is 11.9 Å². The molecule has 0 unspecified atom stereocenters. The molecule has 1 saturated heterocycles. The van der Waals surface area contributed by atoms with Crippen molar-refractivity contribution in [3.63, 3.8) is 0 Å². The Kier molecular flexibility index (Phi) is 6.39. The van der Waals surface area contributed by atoms with Gasteiger partial charge in [-0.15, -0.1) is 0 Å². The molecule has 1 aliphatic heterocycles. The third-order valence-corrected chi connectivity index (χ3v) is 5.68. The van der Waals surface area contributed by atoms with Crippen LogP contribution in [0.3, 0.4) is 0 Å². The van der Waals surface area contributed by atoms with Crippen LogP contribution in [0.1, 0.15) is 31.9 Å². The maximum absolute atomic E-state index is 13.5. The Balaban J connectivity index is 1.61. The molecular formula is C24H30N8O3. The van der Waals surface area contributed by atoms with E-state index < -0.39 is 5.60 Å². The molecular weight excluding hydrogens is 448 g/mol. The quantitative estimate of drug-likeness (QED) is 0.605. The van der Waals surface area contributed by atoms with Gasteiger partial charge >= 0.3 is 6.09 Å². The van der Waals surface area contributed by atoms with Gasteiger partial charge in [0.25, 0.3) is 5.56 Å². The predicted octanol–water partition coefficient (Wildman–Crippen LogP) is 2.16. The van der Waals surface area contributed by atoms with Gasteiger partial charge in [-0.2, -0.15) is 15.2 Å². The molecule has 1 N–H and O–H groups in total. The normalized spacial score (nSPS) is 14.2. The molecule has 1 fully saturated rings. The first-order valence-corrected chi connectivity index (χ1v) is 11.5. The zero-order chi connectivity index (χ0) is 25.3. The monoisotopic (exact) mass is 478 g/mol. The molecule has 1 aliphatic rings. The van der Waals surface area contributed by atoms with E-state index in [1.807, 2.05) is 51.9 Å². The zero-order valence-corrected chi connectivity index (χ0v) is 20.7. The molecule has 0 atom stereocenters. The van der Waals surface area contributed by atoms with Gasteiger partial charge in [0.05, 0.1) is 18.2 Å². The Bertz CT molecular complexity index is 1340. The number of carbonyl (C=O) groups is 1. The minimum atomic E-state index is -0.545. The minimum absolute atomic E-state index is 0.210. The highest BCUT2D eigenvalue weighted by Gasteiger charge is 2.27. The van der Waals surface area contributed by atoms with Crippen LogP contribution in [0.15, 0.2) is 29.1 Å². The topological polar surface area (TPSA) is 123 Å². The van der Waals surface area contributed by atoms with Gasteiger partial charge in [0.15, 0.2) is 11.2 Å². The smallest absolute Gasteiger partial charge is 0.410 e. The maximum atomic E-state index is 13.5. The molecule has 3 heterocycles. The van der Waals surface area contributed by atoms with E-state index >= 15 is 0 Å². The lowest BCUT2D eigenvalue weighted by Gasteiger charge is -2.35. The number of piperazine rings is 1. The second-order valence-electron chi connectivity index (χ2n) is 9.68. The average Bonchev–Trinajstić information content (AvgIpc) is 3.24. The van der Waals surface area contributed by atoms with Crippen LogP contribution in [0.25, 0.3) is 11.2 Å². The number of aromatic amines is 1. The van der Waals surface area contributed by atoms with Crippen molar-refractivity contribution in [3.05, 3.63) is 45.7 Å². The Morgan fingerprint density at radius 1 is 1.17 bits per heavy atom. The number of hydrogen-bond donors (Lipinski definition) is 1. The predicted molar refractivity (Wildman–Crippen MR) is 133 cm³/mol. The first kappa shape index (κ1) is 24.1. The van der Waals surface area contributed by atoms with E-state index in [0.717, 1.165) is 5.56 Å². The van der Waals surface area contributed by atoms with E-state index in [9.17, 15) is 14.9 Å². The summed E-state index contributed by atoms with van der Waals surface area (Å²) >= 11 is 0. The van der Waals surface area contributed by atoms with E-state index in [2.05, 4.69) is 21.0 Å². The Labute approximate surface area is 203 Å². The van der Waals surface area contributed by atoms with Gasteiger partial charge in [-0.1, -0.05) is 18.2 Å². The lowest BCUT2D eigenvalue weighted by molar-refractivity contribution is 0.0240. The molecule has 0 radical (unpaired) electrons. The summed E-state index contributed by atoms with van der Waals surface area (Å²) < 4.78 is 7.00. The molecule has 184 valence electrons. The van der Waals surface area contributed by atoms with E-state index in [4.69, 9.17) is 4.74 Å². The number of fused-ring (bicyclic) bond motifs is 1. The summed E-state index contributed by atoms with van der Waals surface area (Å²) in [6, 6.07) is 9.37. The largest absolute Gasteiger partial charge is 0.444 e. The van der Waals surface area contributed by atoms with Crippen LogP contribution in [0.5, 0.6) is 0 Å². The second-order valence-corrected chi connectivity index (χ2v) is 9.68. The highest BCUT2D eigenvalue weighted by molar-refractivity contribution is 5.74. The van der Waals surface area contributed by atoms with Crippen LogP contribution in [0.2, 0.25) is 0 Å². The van der Waals surface area contributed by atoms with E-state index in [1.165, 1.54) is 0 Å². The second kappa shape index (κ2) is 9.29. The molecule has 3 aromatic rings. The summed E-state index contributed by atoms with van der Waals surface area (Å²) in [4.78, 5) is 43.6. The molecule has 2 aromatic heterocycles. The van der Waals surface area contributed by atoms with Crippen LogP contribution in [-0.2, 0) is 11.3 Å². The number of H-pyrrole nitrogens is 1. The molecule has 0 aliphatic carbocycles. The van der Waals surface area contributed by atoms with Gasteiger partial charge < -0.3 is 24.4 Å². The number of amides is 1. The molecule has 11 heteroatoms. The van der Waals surface area contributed by atoms with Crippen molar-refractivity contribution < 1.29 is 9.53 Å². The van der Waals surface area contributed by atoms with Crippen molar-refractivity contribution in [2.45, 2.75) is 32.9 Å². The summed E-state index contributed by atoms with van der Waals surface area (Å²) in [5, 5.41) is 9.45. The fourth-order valence-electron chi connectivity index (χ4n) is 3.96. The number of imidazole rings is 1. The third kappa shape index (κ3) is 5.06. The van der Waals surface area contributed by atoms with Crippen LogP contribution >= 0.6 is 0 Å². The number of carbonyl (C=O) groups excluding carboxylic acids is 1. The number of benzene rings is 1. The van der Waals surface area contributed by atoms with Crippen molar-refractivity contribution in [2.24, 2.45) is 0 Å². The standard InChI is InChI=1S/C24H30N8O3/c1-24(2,3)35-23(34)31-12-10-30(11-13-31)21-26-18-19(27-21)28-22(29(4)5)32(20(18)33)15-17-9-7-6-8-16(17)14-25/h6-9H,10-13,15H2,1-5H3,(H,26,27). The van der Waals surface area contributed by atoms with Crippen molar-refractivity contribution >= 4 is 29.2 Å². The van der Waals surface area contributed by atoms with E-state index in [-0.39, 0.29) is 18.2 Å². The minimum Gasteiger partial charge on any atom is -0.444 e. The van der Waals surface area contributed by atoms with Gasteiger partial charge in [0, 0.05) is 40.3 Å². The number of nitrogens with zero attached hydrogens (tertiary/aromatic N) is 7. The number of anilines is 2. The Morgan fingerprint density at radius 2 is 1.86 bits per heavy atom. The molecule has 35 heavy (non-hydrogen) atoms. The number of rotatable bonds is 4. The van der Waals surface area contributed by atoms with Gasteiger partial charge in [-0.25, -0.2) is 4.79 Å². The Morgan fingerprint density at radius 3 is 2.49 bits per heavy atom. The van der Waals surface area contributed by atoms with Crippen molar-refractivity contribution in [2.75, 3.05) is 50.1 Å².